The highest BCUT2D eigenvalue weighted by molar-refractivity contribution is 5.89. The van der Waals surface area contributed by atoms with Gasteiger partial charge in [0.2, 0.25) is 11.8 Å². The minimum atomic E-state index is -0.429. The van der Waals surface area contributed by atoms with Crippen LogP contribution in [-0.4, -0.2) is 60.0 Å². The largest absolute Gasteiger partial charge is 0.465 e. The summed E-state index contributed by atoms with van der Waals surface area (Å²) >= 11 is 0. The molecule has 2 amide bonds. The van der Waals surface area contributed by atoms with Gasteiger partial charge in [0.25, 0.3) is 0 Å². The van der Waals surface area contributed by atoms with E-state index in [0.717, 1.165) is 11.1 Å². The van der Waals surface area contributed by atoms with Crippen LogP contribution in [0.25, 0.3) is 0 Å². The van der Waals surface area contributed by atoms with E-state index in [1.54, 1.807) is 12.1 Å². The van der Waals surface area contributed by atoms with Crippen molar-refractivity contribution < 1.29 is 19.1 Å². The van der Waals surface area contributed by atoms with E-state index < -0.39 is 5.66 Å². The van der Waals surface area contributed by atoms with Crippen LogP contribution in [0.5, 0.6) is 0 Å². The molecule has 0 aliphatic carbocycles. The van der Waals surface area contributed by atoms with E-state index in [1.807, 2.05) is 52.3 Å². The first kappa shape index (κ1) is 21.1. The van der Waals surface area contributed by atoms with Gasteiger partial charge in [-0.3, -0.25) is 14.9 Å². The first-order valence-corrected chi connectivity index (χ1v) is 10.6. The predicted octanol–water partition coefficient (Wildman–Crippen LogP) is 1.97. The number of esters is 1. The molecule has 0 bridgehead atoms. The zero-order valence-electron chi connectivity index (χ0n) is 17.7. The summed E-state index contributed by atoms with van der Waals surface area (Å²) in [7, 11) is 1.35. The lowest BCUT2D eigenvalue weighted by Crippen LogP contribution is -2.59. The van der Waals surface area contributed by atoms with Gasteiger partial charge in [-0.05, 0) is 23.3 Å². The summed E-state index contributed by atoms with van der Waals surface area (Å²) in [5, 5.41) is 3.40. The monoisotopic (exact) mass is 421 g/mol. The van der Waals surface area contributed by atoms with Crippen molar-refractivity contribution in [3.05, 3.63) is 71.3 Å². The zero-order chi connectivity index (χ0) is 21.8. The van der Waals surface area contributed by atoms with Crippen LogP contribution in [0.3, 0.4) is 0 Å². The van der Waals surface area contributed by atoms with Gasteiger partial charge in [0.1, 0.15) is 0 Å². The van der Waals surface area contributed by atoms with Gasteiger partial charge < -0.3 is 14.5 Å². The van der Waals surface area contributed by atoms with Crippen molar-refractivity contribution in [3.63, 3.8) is 0 Å². The Morgan fingerprint density at radius 2 is 1.68 bits per heavy atom. The van der Waals surface area contributed by atoms with Crippen LogP contribution in [0.4, 0.5) is 0 Å². The van der Waals surface area contributed by atoms with Gasteiger partial charge in [-0.2, -0.15) is 0 Å². The Hall–Kier alpha value is -3.19. The smallest absolute Gasteiger partial charge is 0.337 e. The number of methoxy groups -OCH3 is 1. The Kier molecular flexibility index (Phi) is 6.04. The fraction of sp³-hybridized carbons (Fsp3) is 0.375. The number of amides is 2. The summed E-state index contributed by atoms with van der Waals surface area (Å²) < 4.78 is 4.74. The Labute approximate surface area is 182 Å². The second kappa shape index (κ2) is 8.89. The predicted molar refractivity (Wildman–Crippen MR) is 115 cm³/mol. The number of nitrogens with zero attached hydrogens (tertiary/aromatic N) is 2. The SMILES string of the molecule is COC(=O)c1ccc(CN2C(=O)CNC23CCN(C(=O)Cc2ccccc2)CC3)cc1. The second-order valence-electron chi connectivity index (χ2n) is 8.10. The number of hydrogen-bond donors (Lipinski definition) is 1. The minimum Gasteiger partial charge on any atom is -0.465 e. The van der Waals surface area contributed by atoms with Gasteiger partial charge in [-0.1, -0.05) is 42.5 Å². The van der Waals surface area contributed by atoms with Gasteiger partial charge in [0.15, 0.2) is 0 Å². The first-order chi connectivity index (χ1) is 15.0. The third-order valence-corrected chi connectivity index (χ3v) is 6.24. The molecule has 0 unspecified atom stereocenters. The molecule has 7 heteroatoms. The van der Waals surface area contributed by atoms with Crippen molar-refractivity contribution in [1.29, 1.82) is 0 Å². The molecule has 1 spiro atoms. The Morgan fingerprint density at radius 3 is 2.32 bits per heavy atom. The molecule has 1 N–H and O–H groups in total. The fourth-order valence-corrected chi connectivity index (χ4v) is 4.41. The van der Waals surface area contributed by atoms with E-state index in [0.29, 0.717) is 51.0 Å². The molecule has 2 aliphatic rings. The Balaban J connectivity index is 1.40. The molecule has 2 aromatic carbocycles. The van der Waals surface area contributed by atoms with Crippen LogP contribution < -0.4 is 5.32 Å². The van der Waals surface area contributed by atoms with Crippen LogP contribution in [-0.2, 0) is 27.3 Å². The van der Waals surface area contributed by atoms with Crippen LogP contribution in [0.2, 0.25) is 0 Å². The lowest BCUT2D eigenvalue weighted by atomic mass is 9.94. The van der Waals surface area contributed by atoms with Crippen LogP contribution >= 0.6 is 0 Å². The third-order valence-electron chi connectivity index (χ3n) is 6.24. The number of ether oxygens (including phenoxy) is 1. The molecule has 0 aromatic heterocycles. The van der Waals surface area contributed by atoms with Gasteiger partial charge >= 0.3 is 5.97 Å². The zero-order valence-corrected chi connectivity index (χ0v) is 17.7. The number of carbonyl (C=O) groups is 3. The highest BCUT2D eigenvalue weighted by atomic mass is 16.5. The Morgan fingerprint density at radius 1 is 1.00 bits per heavy atom. The molecular formula is C24H27N3O4. The average molecular weight is 421 g/mol. The highest BCUT2D eigenvalue weighted by Crippen LogP contribution is 2.32. The maximum Gasteiger partial charge on any atom is 0.337 e. The van der Waals surface area contributed by atoms with E-state index in [-0.39, 0.29) is 17.8 Å². The molecule has 2 saturated heterocycles. The van der Waals surface area contributed by atoms with Crippen LogP contribution in [0, 0.1) is 0 Å². The topological polar surface area (TPSA) is 79.0 Å². The van der Waals surface area contributed by atoms with Crippen LogP contribution in [0.15, 0.2) is 54.6 Å². The van der Waals surface area contributed by atoms with E-state index >= 15 is 0 Å². The molecule has 2 heterocycles. The molecule has 7 nitrogen and oxygen atoms in total. The summed E-state index contributed by atoms with van der Waals surface area (Å²) in [6.07, 6.45) is 1.79. The number of carbonyl (C=O) groups excluding carboxylic acids is 3. The Bertz CT molecular complexity index is 951. The maximum atomic E-state index is 12.7. The van der Waals surface area contributed by atoms with E-state index in [2.05, 4.69) is 5.32 Å². The summed E-state index contributed by atoms with van der Waals surface area (Å²) in [5.74, 6) is -0.203. The van der Waals surface area contributed by atoms with Crippen molar-refractivity contribution in [2.24, 2.45) is 0 Å². The number of benzene rings is 2. The van der Waals surface area contributed by atoms with Crippen molar-refractivity contribution >= 4 is 17.8 Å². The lowest BCUT2D eigenvalue weighted by Gasteiger charge is -2.44. The molecule has 2 aromatic rings. The fourth-order valence-electron chi connectivity index (χ4n) is 4.41. The number of likely N-dealkylation sites (tertiary alicyclic amines) is 1. The molecule has 0 radical (unpaired) electrons. The normalized spacial score (nSPS) is 17.8. The molecular weight excluding hydrogens is 394 g/mol. The quantitative estimate of drug-likeness (QED) is 0.747. The minimum absolute atomic E-state index is 0.0566. The molecule has 0 saturated carbocycles. The van der Waals surface area contributed by atoms with Crippen molar-refractivity contribution in [1.82, 2.24) is 15.1 Å². The molecule has 0 atom stereocenters. The van der Waals surface area contributed by atoms with Crippen LogP contribution in [0.1, 0.15) is 34.3 Å². The van der Waals surface area contributed by atoms with Crippen molar-refractivity contribution in [2.45, 2.75) is 31.5 Å². The van der Waals surface area contributed by atoms with Gasteiger partial charge in [-0.25, -0.2) is 4.79 Å². The summed E-state index contributed by atoms with van der Waals surface area (Å²) in [4.78, 5) is 40.8. The first-order valence-electron chi connectivity index (χ1n) is 10.6. The number of nitrogens with one attached hydrogen (secondary N) is 1. The highest BCUT2D eigenvalue weighted by Gasteiger charge is 2.47. The summed E-state index contributed by atoms with van der Waals surface area (Å²) in [5.41, 5.74) is 2.02. The molecule has 31 heavy (non-hydrogen) atoms. The number of piperidine rings is 1. The van der Waals surface area contributed by atoms with E-state index in [1.165, 1.54) is 7.11 Å². The molecule has 2 fully saturated rings. The maximum absolute atomic E-state index is 12.7. The summed E-state index contributed by atoms with van der Waals surface area (Å²) in [6, 6.07) is 16.9. The van der Waals surface area contributed by atoms with E-state index in [4.69, 9.17) is 4.74 Å². The number of rotatable bonds is 5. The van der Waals surface area contributed by atoms with Gasteiger partial charge in [0.05, 0.1) is 31.3 Å². The molecule has 162 valence electrons. The summed E-state index contributed by atoms with van der Waals surface area (Å²) in [6.45, 7) is 2.00. The molecule has 4 rings (SSSR count). The standard InChI is InChI=1S/C24H27N3O4/c1-31-23(30)20-9-7-19(8-10-20)17-27-22(29)16-25-24(27)11-13-26(14-12-24)21(28)15-18-5-3-2-4-6-18/h2-10,25H,11-17H2,1H3. The van der Waals surface area contributed by atoms with E-state index in [9.17, 15) is 14.4 Å². The lowest BCUT2D eigenvalue weighted by molar-refractivity contribution is -0.136. The van der Waals surface area contributed by atoms with Gasteiger partial charge in [0, 0.05) is 32.5 Å². The van der Waals surface area contributed by atoms with Gasteiger partial charge in [-0.15, -0.1) is 0 Å². The average Bonchev–Trinajstić information content (AvgIpc) is 3.10. The molecule has 2 aliphatic heterocycles. The van der Waals surface area contributed by atoms with Crippen molar-refractivity contribution in [3.8, 4) is 0 Å². The number of hydrogen-bond acceptors (Lipinski definition) is 5. The third kappa shape index (κ3) is 4.46. The second-order valence-corrected chi connectivity index (χ2v) is 8.10. The van der Waals surface area contributed by atoms with Crippen molar-refractivity contribution in [2.75, 3.05) is 26.7 Å².